The molecular formula is C59H53BN2O. The van der Waals surface area contributed by atoms with Crippen molar-refractivity contribution < 1.29 is 4.42 Å². The van der Waals surface area contributed by atoms with Crippen LogP contribution in [0.4, 0.5) is 17.1 Å². The summed E-state index contributed by atoms with van der Waals surface area (Å²) < 4.78 is 10.1. The Labute approximate surface area is 369 Å². The smallest absolute Gasteiger partial charge is 0.333 e. The molecule has 0 unspecified atom stereocenters. The molecule has 0 spiro atoms. The fourth-order valence-corrected chi connectivity index (χ4v) is 18.5. The van der Waals surface area contributed by atoms with E-state index in [1.807, 2.05) is 0 Å². The molecule has 0 atom stereocenters. The molecule has 0 radical (unpaired) electrons. The molecule has 11 aliphatic rings. The molecule has 4 heteroatoms. The molecule has 6 aromatic carbocycles. The van der Waals surface area contributed by atoms with Crippen LogP contribution < -0.4 is 15.8 Å². The predicted molar refractivity (Wildman–Crippen MR) is 259 cm³/mol. The van der Waals surface area contributed by atoms with Gasteiger partial charge in [-0.25, -0.2) is 0 Å². The maximum Gasteiger partial charge on any atom is 0.333 e. The van der Waals surface area contributed by atoms with Crippen LogP contribution in [0, 0.1) is 35.5 Å². The molecule has 63 heavy (non-hydrogen) atoms. The first-order valence-corrected chi connectivity index (χ1v) is 25.0. The lowest BCUT2D eigenvalue weighted by Crippen LogP contribution is -2.58. The van der Waals surface area contributed by atoms with E-state index in [4.69, 9.17) is 4.42 Å². The zero-order valence-electron chi connectivity index (χ0n) is 36.6. The van der Waals surface area contributed by atoms with Crippen LogP contribution in [0.5, 0.6) is 0 Å². The summed E-state index contributed by atoms with van der Waals surface area (Å²) >= 11 is 0. The first kappa shape index (κ1) is 34.2. The van der Waals surface area contributed by atoms with E-state index >= 15 is 0 Å². The van der Waals surface area contributed by atoms with Crippen molar-refractivity contribution in [2.75, 3.05) is 4.90 Å². The molecule has 0 saturated heterocycles. The van der Waals surface area contributed by atoms with Gasteiger partial charge in [0.15, 0.2) is 0 Å². The number of para-hydroxylation sites is 3. The summed E-state index contributed by atoms with van der Waals surface area (Å²) in [5.74, 6) is 5.43. The average Bonchev–Trinajstić information content (AvgIpc) is 3.81. The van der Waals surface area contributed by atoms with E-state index in [0.29, 0.717) is 5.41 Å². The van der Waals surface area contributed by atoms with Gasteiger partial charge in [0.05, 0.1) is 5.69 Å². The Morgan fingerprint density at radius 3 is 1.92 bits per heavy atom. The lowest BCUT2D eigenvalue weighted by molar-refractivity contribution is -0.00527. The van der Waals surface area contributed by atoms with Crippen LogP contribution in [0.1, 0.15) is 113 Å². The average molecular weight is 817 g/mol. The standard InChI is InChI=1S/C59H53BN2O/c1-57(2)45-9-4-5-12-49(45)61-50-25-43-40-8-3-6-13-51(40)63-56(43)52-44-24-39(59-29-35-19-36(30-59)21-37(20-35)31-59)23-42-41-22-38(58-26-32-16-33(27-58)18-34(17-32)28-58)14-15-48(41)62(54(42)44)60(53(50)52)47-11-7-10-46(57)55(47)61/h3-15,22-25,32-37H,16-21,26-31H2,1-2H3. The molecule has 0 amide bonds. The normalized spacial score (nSPS) is 31.7. The highest BCUT2D eigenvalue weighted by atomic mass is 16.3. The molecule has 8 fully saturated rings. The topological polar surface area (TPSA) is 21.3 Å². The Bertz CT molecular complexity index is 3360. The second kappa shape index (κ2) is 11.0. The number of hydrogen-bond acceptors (Lipinski definition) is 2. The zero-order valence-corrected chi connectivity index (χ0v) is 36.6. The van der Waals surface area contributed by atoms with Crippen LogP contribution >= 0.6 is 0 Å². The van der Waals surface area contributed by atoms with Crippen molar-refractivity contribution in [3.8, 4) is 11.1 Å². The summed E-state index contributed by atoms with van der Waals surface area (Å²) in [6.07, 6.45) is 17.1. The fraction of sp³-hybridized carbons (Fsp3) is 0.390. The highest BCUT2D eigenvalue weighted by Crippen LogP contribution is 2.64. The summed E-state index contributed by atoms with van der Waals surface area (Å²) in [5, 5.41) is 5.45. The Morgan fingerprint density at radius 1 is 0.556 bits per heavy atom. The van der Waals surface area contributed by atoms with Crippen LogP contribution in [0.2, 0.25) is 0 Å². The van der Waals surface area contributed by atoms with Gasteiger partial charge < -0.3 is 13.8 Å². The largest absolute Gasteiger partial charge is 0.455 e. The third kappa shape index (κ3) is 4.02. The van der Waals surface area contributed by atoms with Gasteiger partial charge in [-0.2, -0.15) is 0 Å². The molecule has 0 N–H and O–H groups in total. The van der Waals surface area contributed by atoms with Gasteiger partial charge >= 0.3 is 6.85 Å². The van der Waals surface area contributed by atoms with E-state index in [-0.39, 0.29) is 17.7 Å². The molecule has 8 aromatic rings. The van der Waals surface area contributed by atoms with Crippen LogP contribution in [-0.2, 0) is 16.2 Å². The first-order chi connectivity index (χ1) is 30.8. The van der Waals surface area contributed by atoms with E-state index in [9.17, 15) is 0 Å². The van der Waals surface area contributed by atoms with Gasteiger partial charge in [0.2, 0.25) is 0 Å². The van der Waals surface area contributed by atoms with Crippen molar-refractivity contribution in [2.24, 2.45) is 35.5 Å². The number of fused-ring (bicyclic) bond motifs is 13. The van der Waals surface area contributed by atoms with Gasteiger partial charge in [0.1, 0.15) is 11.2 Å². The number of benzene rings is 6. The summed E-state index contributed by atoms with van der Waals surface area (Å²) in [7, 11) is 0. The second-order valence-corrected chi connectivity index (χ2v) is 23.7. The number of hydrogen-bond donors (Lipinski definition) is 0. The molecule has 8 bridgehead atoms. The molecule has 8 aliphatic carbocycles. The minimum Gasteiger partial charge on any atom is -0.455 e. The minimum atomic E-state index is -0.147. The molecule has 308 valence electrons. The first-order valence-electron chi connectivity index (χ1n) is 25.0. The summed E-state index contributed by atoms with van der Waals surface area (Å²) in [6.45, 7) is 4.91. The van der Waals surface area contributed by atoms with E-state index in [0.717, 1.165) is 46.7 Å². The molecule has 5 heterocycles. The Morgan fingerprint density at radius 2 is 1.19 bits per heavy atom. The second-order valence-electron chi connectivity index (χ2n) is 23.7. The molecule has 2 aromatic heterocycles. The summed E-state index contributed by atoms with van der Waals surface area (Å²) in [6, 6.07) is 41.5. The van der Waals surface area contributed by atoms with Crippen LogP contribution in [0.25, 0.3) is 54.9 Å². The summed E-state index contributed by atoms with van der Waals surface area (Å²) in [4.78, 5) is 2.68. The third-order valence-electron chi connectivity index (χ3n) is 20.0. The van der Waals surface area contributed by atoms with Gasteiger partial charge in [-0.1, -0.05) is 74.5 Å². The van der Waals surface area contributed by atoms with E-state index in [1.54, 1.807) is 11.1 Å². The van der Waals surface area contributed by atoms with Crippen molar-refractivity contribution in [2.45, 2.75) is 107 Å². The molecular weight excluding hydrogens is 763 g/mol. The summed E-state index contributed by atoms with van der Waals surface area (Å²) in [5.41, 5.74) is 21.1. The molecule has 8 saturated carbocycles. The fourth-order valence-electron chi connectivity index (χ4n) is 18.5. The van der Waals surface area contributed by atoms with Crippen LogP contribution in [0.3, 0.4) is 0 Å². The highest BCUT2D eigenvalue weighted by molar-refractivity contribution is 6.90. The number of anilines is 3. The van der Waals surface area contributed by atoms with Crippen molar-refractivity contribution >= 4 is 78.6 Å². The maximum absolute atomic E-state index is 7.26. The highest BCUT2D eigenvalue weighted by Gasteiger charge is 2.55. The quantitative estimate of drug-likeness (QED) is 0.162. The Balaban J connectivity index is 1.03. The van der Waals surface area contributed by atoms with Crippen molar-refractivity contribution in [3.63, 3.8) is 0 Å². The molecule has 19 rings (SSSR count). The third-order valence-corrected chi connectivity index (χ3v) is 20.0. The molecule has 3 aliphatic heterocycles. The van der Waals surface area contributed by atoms with E-state index in [1.165, 1.54) is 160 Å². The Kier molecular flexibility index (Phi) is 5.97. The van der Waals surface area contributed by atoms with E-state index < -0.39 is 0 Å². The van der Waals surface area contributed by atoms with Gasteiger partial charge in [-0.15, -0.1) is 0 Å². The number of aromatic nitrogens is 1. The number of rotatable bonds is 2. The predicted octanol–water partition coefficient (Wildman–Crippen LogP) is 13.7. The van der Waals surface area contributed by atoms with Crippen molar-refractivity contribution in [1.29, 1.82) is 0 Å². The van der Waals surface area contributed by atoms with Gasteiger partial charge in [0.25, 0.3) is 0 Å². The monoisotopic (exact) mass is 816 g/mol. The van der Waals surface area contributed by atoms with Gasteiger partial charge in [-0.3, -0.25) is 0 Å². The lowest BCUT2D eigenvalue weighted by Gasteiger charge is -2.57. The zero-order chi connectivity index (χ0) is 40.9. The lowest BCUT2D eigenvalue weighted by atomic mass is 9.44. The molecule has 3 nitrogen and oxygen atoms in total. The SMILES string of the molecule is CC1(C)c2ccccc2N2c3cc4c(oc5ccccc54)c4c3B(c3cccc1c32)n1c2ccc(C35CC6CC(CC(C6)C3)C5)cc2c2cc(C35CC6CC(CC(C6)C3)C5)cc-4c21. The number of nitrogens with zero attached hydrogens (tertiary/aromatic N) is 2. The maximum atomic E-state index is 7.26. The van der Waals surface area contributed by atoms with Gasteiger partial charge in [0, 0.05) is 60.5 Å². The van der Waals surface area contributed by atoms with Crippen LogP contribution in [0.15, 0.2) is 108 Å². The van der Waals surface area contributed by atoms with E-state index in [2.05, 4.69) is 126 Å². The minimum absolute atomic E-state index is 0.0168. The van der Waals surface area contributed by atoms with Crippen molar-refractivity contribution in [1.82, 2.24) is 4.48 Å². The van der Waals surface area contributed by atoms with Gasteiger partial charge in [-0.05, 0) is 199 Å². The number of furan rings is 1. The van der Waals surface area contributed by atoms with Crippen molar-refractivity contribution in [3.05, 3.63) is 125 Å². The van der Waals surface area contributed by atoms with Crippen LogP contribution in [-0.4, -0.2) is 11.3 Å². The Hall–Kier alpha value is -5.22.